The number of ether oxygens (including phenoxy) is 1. The van der Waals surface area contributed by atoms with Crippen molar-refractivity contribution in [2.24, 2.45) is 23.7 Å². The standard InChI is InChI=1S/C19H22N2O3/c22-18(16-12-10-14-15(11-12)24-19(23)17(14)16)21-8-6-20(7-9-21)13-4-2-1-3-5-13/h1-5,12,14-17H,6-11H2. The number of para-hydroxylation sites is 1. The lowest BCUT2D eigenvalue weighted by molar-refractivity contribution is -0.148. The van der Waals surface area contributed by atoms with Crippen molar-refractivity contribution < 1.29 is 14.3 Å². The Hall–Kier alpha value is -2.04. The lowest BCUT2D eigenvalue weighted by atomic mass is 9.79. The first-order chi connectivity index (χ1) is 11.7. The Morgan fingerprint density at radius 3 is 2.54 bits per heavy atom. The molecule has 5 heteroatoms. The van der Waals surface area contributed by atoms with Crippen molar-refractivity contribution in [2.45, 2.75) is 18.9 Å². The molecule has 2 bridgehead atoms. The number of anilines is 1. The van der Waals surface area contributed by atoms with E-state index in [0.29, 0.717) is 11.8 Å². The van der Waals surface area contributed by atoms with Gasteiger partial charge in [0.2, 0.25) is 5.91 Å². The van der Waals surface area contributed by atoms with Gasteiger partial charge in [-0.15, -0.1) is 0 Å². The minimum Gasteiger partial charge on any atom is -0.462 e. The minimum absolute atomic E-state index is 0.103. The Kier molecular flexibility index (Phi) is 3.12. The van der Waals surface area contributed by atoms with E-state index < -0.39 is 0 Å². The molecule has 2 aliphatic heterocycles. The number of benzene rings is 1. The fourth-order valence-electron chi connectivity index (χ4n) is 5.38. The Balaban J connectivity index is 1.27. The highest BCUT2D eigenvalue weighted by molar-refractivity contribution is 5.88. The number of hydrogen-bond acceptors (Lipinski definition) is 4. The zero-order chi connectivity index (χ0) is 16.3. The van der Waals surface area contributed by atoms with Crippen LogP contribution in [0, 0.1) is 23.7 Å². The van der Waals surface area contributed by atoms with Crippen molar-refractivity contribution >= 4 is 17.6 Å². The zero-order valence-corrected chi connectivity index (χ0v) is 13.6. The van der Waals surface area contributed by atoms with Crippen LogP contribution in [0.1, 0.15) is 12.8 Å². The third-order valence-corrected chi connectivity index (χ3v) is 6.48. The number of amides is 1. The van der Waals surface area contributed by atoms with Gasteiger partial charge in [0, 0.05) is 37.8 Å². The third-order valence-electron chi connectivity index (χ3n) is 6.48. The highest BCUT2D eigenvalue weighted by Crippen LogP contribution is 2.58. The van der Waals surface area contributed by atoms with Crippen LogP contribution in [-0.2, 0) is 14.3 Å². The van der Waals surface area contributed by atoms with Crippen LogP contribution in [0.3, 0.4) is 0 Å². The lowest BCUT2D eigenvalue weighted by Gasteiger charge is -2.38. The summed E-state index contributed by atoms with van der Waals surface area (Å²) < 4.78 is 5.46. The number of nitrogens with zero attached hydrogens (tertiary/aromatic N) is 2. The van der Waals surface area contributed by atoms with E-state index in [0.717, 1.165) is 39.0 Å². The number of rotatable bonds is 2. The van der Waals surface area contributed by atoms with Gasteiger partial charge in [-0.05, 0) is 30.9 Å². The van der Waals surface area contributed by atoms with Gasteiger partial charge >= 0.3 is 5.97 Å². The number of hydrogen-bond donors (Lipinski definition) is 0. The molecule has 5 atom stereocenters. The van der Waals surface area contributed by atoms with Gasteiger partial charge in [-0.2, -0.15) is 0 Å². The van der Waals surface area contributed by atoms with Gasteiger partial charge in [0.15, 0.2) is 0 Å². The number of piperazine rings is 1. The normalized spacial score (nSPS) is 37.0. The van der Waals surface area contributed by atoms with Gasteiger partial charge < -0.3 is 14.5 Å². The molecular formula is C19H22N2O3. The predicted molar refractivity (Wildman–Crippen MR) is 88.3 cm³/mol. The second-order valence-electron chi connectivity index (χ2n) is 7.57. The van der Waals surface area contributed by atoms with Crippen molar-refractivity contribution in [2.75, 3.05) is 31.1 Å². The molecule has 4 fully saturated rings. The second kappa shape index (κ2) is 5.23. The molecule has 1 amide bonds. The summed E-state index contributed by atoms with van der Waals surface area (Å²) in [7, 11) is 0. The van der Waals surface area contributed by atoms with Crippen molar-refractivity contribution in [3.05, 3.63) is 30.3 Å². The van der Waals surface area contributed by atoms with Crippen molar-refractivity contribution in [1.82, 2.24) is 4.90 Å². The van der Waals surface area contributed by atoms with E-state index in [1.165, 1.54) is 5.69 Å². The van der Waals surface area contributed by atoms with Gasteiger partial charge in [-0.3, -0.25) is 9.59 Å². The van der Waals surface area contributed by atoms with Crippen LogP contribution >= 0.6 is 0 Å². The third kappa shape index (κ3) is 2.00. The van der Waals surface area contributed by atoms with Crippen molar-refractivity contribution in [3.63, 3.8) is 0 Å². The van der Waals surface area contributed by atoms with Crippen LogP contribution in [0.2, 0.25) is 0 Å². The molecule has 0 aromatic heterocycles. The molecular weight excluding hydrogens is 304 g/mol. The average Bonchev–Trinajstić information content (AvgIpc) is 3.24. The first-order valence-electron chi connectivity index (χ1n) is 9.01. The second-order valence-corrected chi connectivity index (χ2v) is 7.57. The van der Waals surface area contributed by atoms with E-state index in [2.05, 4.69) is 17.0 Å². The van der Waals surface area contributed by atoms with E-state index in [1.54, 1.807) is 0 Å². The molecule has 0 spiro atoms. The molecule has 5 nitrogen and oxygen atoms in total. The summed E-state index contributed by atoms with van der Waals surface area (Å²) >= 11 is 0. The van der Waals surface area contributed by atoms with Gasteiger partial charge in [-0.1, -0.05) is 18.2 Å². The SMILES string of the molecule is O=C1OC2CC3CC2C1C3C(=O)N1CCN(c2ccccc2)CC1. The summed E-state index contributed by atoms with van der Waals surface area (Å²) in [4.78, 5) is 29.5. The number of carbonyl (C=O) groups excluding carboxylic acids is 2. The summed E-state index contributed by atoms with van der Waals surface area (Å²) in [5.41, 5.74) is 1.21. The molecule has 0 radical (unpaired) electrons. The van der Waals surface area contributed by atoms with Crippen LogP contribution in [0.4, 0.5) is 5.69 Å². The highest BCUT2D eigenvalue weighted by atomic mass is 16.6. The van der Waals surface area contributed by atoms with Crippen LogP contribution in [0.25, 0.3) is 0 Å². The monoisotopic (exact) mass is 326 g/mol. The Labute approximate surface area is 141 Å². The molecule has 2 saturated heterocycles. The first kappa shape index (κ1) is 14.3. The maximum atomic E-state index is 13.1. The lowest BCUT2D eigenvalue weighted by Crippen LogP contribution is -2.52. The van der Waals surface area contributed by atoms with Crippen LogP contribution in [-0.4, -0.2) is 49.1 Å². The maximum Gasteiger partial charge on any atom is 0.310 e. The van der Waals surface area contributed by atoms with Gasteiger partial charge in [-0.25, -0.2) is 0 Å². The zero-order valence-electron chi connectivity index (χ0n) is 13.6. The highest BCUT2D eigenvalue weighted by Gasteiger charge is 2.64. The molecule has 5 rings (SSSR count). The Morgan fingerprint density at radius 2 is 1.79 bits per heavy atom. The molecule has 2 aliphatic carbocycles. The van der Waals surface area contributed by atoms with Crippen LogP contribution in [0.15, 0.2) is 30.3 Å². The van der Waals surface area contributed by atoms with Gasteiger partial charge in [0.25, 0.3) is 0 Å². The molecule has 126 valence electrons. The molecule has 5 unspecified atom stereocenters. The van der Waals surface area contributed by atoms with Gasteiger partial charge in [0.1, 0.15) is 6.10 Å². The fraction of sp³-hybridized carbons (Fsp3) is 0.579. The smallest absolute Gasteiger partial charge is 0.310 e. The van der Waals surface area contributed by atoms with Crippen LogP contribution in [0.5, 0.6) is 0 Å². The minimum atomic E-state index is -0.159. The van der Waals surface area contributed by atoms with E-state index in [-0.39, 0.29) is 29.8 Å². The summed E-state index contributed by atoms with van der Waals surface area (Å²) in [6.07, 6.45) is 2.00. The number of fused-ring (bicyclic) bond motifs is 1. The first-order valence-corrected chi connectivity index (χ1v) is 9.01. The fourth-order valence-corrected chi connectivity index (χ4v) is 5.38. The van der Waals surface area contributed by atoms with E-state index in [4.69, 9.17) is 4.74 Å². The predicted octanol–water partition coefficient (Wildman–Crippen LogP) is 1.53. The summed E-state index contributed by atoms with van der Waals surface area (Å²) in [6.45, 7) is 3.20. The number of esters is 1. The van der Waals surface area contributed by atoms with E-state index in [1.807, 2.05) is 23.1 Å². The van der Waals surface area contributed by atoms with Gasteiger partial charge in [0.05, 0.1) is 11.8 Å². The van der Waals surface area contributed by atoms with Crippen LogP contribution < -0.4 is 4.90 Å². The number of carbonyl (C=O) groups is 2. The molecule has 2 heterocycles. The van der Waals surface area contributed by atoms with E-state index >= 15 is 0 Å². The largest absolute Gasteiger partial charge is 0.462 e. The Morgan fingerprint density at radius 1 is 1.04 bits per heavy atom. The molecule has 4 aliphatic rings. The maximum absolute atomic E-state index is 13.1. The summed E-state index contributed by atoms with van der Waals surface area (Å²) in [5, 5.41) is 0. The summed E-state index contributed by atoms with van der Waals surface area (Å²) in [6, 6.07) is 10.3. The molecule has 0 N–H and O–H groups in total. The molecule has 1 aromatic carbocycles. The Bertz CT molecular complexity index is 666. The van der Waals surface area contributed by atoms with E-state index in [9.17, 15) is 9.59 Å². The average molecular weight is 326 g/mol. The summed E-state index contributed by atoms with van der Waals surface area (Å²) in [5.74, 6) is 0.458. The quantitative estimate of drug-likeness (QED) is 0.774. The van der Waals surface area contributed by atoms with Crippen molar-refractivity contribution in [3.8, 4) is 0 Å². The molecule has 24 heavy (non-hydrogen) atoms. The van der Waals surface area contributed by atoms with Crippen molar-refractivity contribution in [1.29, 1.82) is 0 Å². The molecule has 1 aromatic rings. The topological polar surface area (TPSA) is 49.9 Å². The molecule has 2 saturated carbocycles.